The van der Waals surface area contributed by atoms with Crippen LogP contribution in [0.15, 0.2) is 53.7 Å². The molecule has 3 aromatic rings. The predicted octanol–water partition coefficient (Wildman–Crippen LogP) is 4.20. The van der Waals surface area contributed by atoms with Crippen molar-refractivity contribution in [1.82, 2.24) is 14.9 Å². The van der Waals surface area contributed by atoms with Crippen molar-refractivity contribution >= 4 is 35.0 Å². The first-order valence-corrected chi connectivity index (χ1v) is 10.3. The van der Waals surface area contributed by atoms with Crippen molar-refractivity contribution in [2.24, 2.45) is 0 Å². The van der Waals surface area contributed by atoms with Gasteiger partial charge in [-0.15, -0.1) is 10.2 Å². The van der Waals surface area contributed by atoms with Crippen molar-refractivity contribution in [3.05, 3.63) is 70.5 Å². The van der Waals surface area contributed by atoms with Crippen LogP contribution in [-0.4, -0.2) is 26.0 Å². The summed E-state index contributed by atoms with van der Waals surface area (Å²) in [6.07, 6.45) is 0.748. The van der Waals surface area contributed by atoms with E-state index < -0.39 is 5.25 Å². The van der Waals surface area contributed by atoms with E-state index in [1.54, 1.807) is 12.1 Å². The fraction of sp³-hybridized carbons (Fsp3) is 0.250. The molecule has 0 saturated heterocycles. The number of amides is 1. The third-order valence-electron chi connectivity index (χ3n) is 4.65. The summed E-state index contributed by atoms with van der Waals surface area (Å²) in [5, 5.41) is 12.2. The Morgan fingerprint density at radius 2 is 1.96 bits per heavy atom. The molecule has 0 spiro atoms. The Morgan fingerprint density at radius 3 is 2.68 bits per heavy atom. The van der Waals surface area contributed by atoms with Crippen LogP contribution in [-0.2, 0) is 11.2 Å². The summed E-state index contributed by atoms with van der Waals surface area (Å²) in [5.41, 5.74) is 6.23. The number of para-hydroxylation sites is 1. The number of hydrogen-bond donors (Lipinski definition) is 2. The van der Waals surface area contributed by atoms with Crippen LogP contribution in [0.2, 0.25) is 5.02 Å². The number of fused-ring (bicyclic) bond motifs is 1. The molecule has 0 unspecified atom stereocenters. The Balaban J connectivity index is 1.68. The number of hydrogen-bond acceptors (Lipinski definition) is 5. The lowest BCUT2D eigenvalue weighted by Gasteiger charge is -2.33. The van der Waals surface area contributed by atoms with Crippen LogP contribution in [0.25, 0.3) is 0 Å². The third-order valence-corrected chi connectivity index (χ3v) is 6.19. The monoisotopic (exact) mass is 413 g/mol. The molecule has 1 aromatic heterocycles. The van der Waals surface area contributed by atoms with Gasteiger partial charge in [-0.1, -0.05) is 72.2 Å². The van der Waals surface area contributed by atoms with Crippen LogP contribution < -0.4 is 10.7 Å². The smallest absolute Gasteiger partial charge is 0.240 e. The average Bonchev–Trinajstić information content (AvgIpc) is 3.11. The fourth-order valence-electron chi connectivity index (χ4n) is 3.12. The molecule has 0 bridgehead atoms. The van der Waals surface area contributed by atoms with E-state index in [1.165, 1.54) is 17.3 Å². The first-order chi connectivity index (χ1) is 13.6. The molecule has 1 aliphatic rings. The number of rotatable bonds is 4. The van der Waals surface area contributed by atoms with E-state index in [1.807, 2.05) is 54.9 Å². The van der Waals surface area contributed by atoms with E-state index in [0.717, 1.165) is 17.8 Å². The van der Waals surface area contributed by atoms with Crippen molar-refractivity contribution in [3.63, 3.8) is 0 Å². The lowest BCUT2D eigenvalue weighted by molar-refractivity contribution is -0.116. The number of aryl methyl sites for hydroxylation is 2. The second kappa shape index (κ2) is 7.85. The third kappa shape index (κ3) is 3.59. The second-order valence-corrected chi connectivity index (χ2v) is 8.13. The molecule has 1 amide bonds. The van der Waals surface area contributed by atoms with Crippen molar-refractivity contribution in [3.8, 4) is 0 Å². The first-order valence-electron chi connectivity index (χ1n) is 9.06. The summed E-state index contributed by atoms with van der Waals surface area (Å²) < 4.78 is 1.88. The highest BCUT2D eigenvalue weighted by Crippen LogP contribution is 2.38. The van der Waals surface area contributed by atoms with Crippen molar-refractivity contribution < 1.29 is 4.79 Å². The maximum atomic E-state index is 13.2. The zero-order chi connectivity index (χ0) is 19.7. The van der Waals surface area contributed by atoms with Crippen LogP contribution in [0.1, 0.15) is 29.9 Å². The molecule has 0 saturated carbocycles. The molecule has 4 rings (SSSR count). The van der Waals surface area contributed by atoms with Gasteiger partial charge in [-0.2, -0.15) is 0 Å². The van der Waals surface area contributed by atoms with Gasteiger partial charge in [-0.05, 0) is 24.6 Å². The minimum Gasteiger partial charge on any atom is -0.324 e. The average molecular weight is 414 g/mol. The van der Waals surface area contributed by atoms with E-state index in [4.69, 9.17) is 11.6 Å². The van der Waals surface area contributed by atoms with Crippen LogP contribution in [0.4, 0.5) is 5.69 Å². The van der Waals surface area contributed by atoms with Crippen molar-refractivity contribution in [1.29, 1.82) is 0 Å². The van der Waals surface area contributed by atoms with Gasteiger partial charge >= 0.3 is 0 Å². The van der Waals surface area contributed by atoms with Gasteiger partial charge in [-0.25, -0.2) is 4.68 Å². The summed E-state index contributed by atoms with van der Waals surface area (Å²) in [4.78, 5) is 13.2. The molecular formula is C20H20ClN5OS. The number of aromatic nitrogens is 3. The van der Waals surface area contributed by atoms with Gasteiger partial charge < -0.3 is 10.7 Å². The maximum Gasteiger partial charge on any atom is 0.240 e. The Kier molecular flexibility index (Phi) is 5.28. The summed E-state index contributed by atoms with van der Waals surface area (Å²) in [7, 11) is 0. The predicted molar refractivity (Wildman–Crippen MR) is 112 cm³/mol. The highest BCUT2D eigenvalue weighted by atomic mass is 35.5. The number of thioether (sulfide) groups is 1. The molecule has 1 aliphatic heterocycles. The Labute approximate surface area is 172 Å². The molecule has 0 fully saturated rings. The molecule has 2 aromatic carbocycles. The fourth-order valence-corrected chi connectivity index (χ4v) is 4.40. The standard InChI is InChI=1S/C20H20ClN5OS/c1-3-16-23-24-20-26(16)25-17(13-10-8-12(2)9-11-13)18(28-20)19(27)22-15-7-5-4-6-14(15)21/h4-11,17-18,25H,3H2,1-2H3,(H,22,27)/t17-,18-/m0/s1. The van der Waals surface area contributed by atoms with Crippen molar-refractivity contribution in [2.75, 3.05) is 10.7 Å². The normalized spacial score (nSPS) is 18.2. The van der Waals surface area contributed by atoms with E-state index in [-0.39, 0.29) is 11.9 Å². The first kappa shape index (κ1) is 18.8. The zero-order valence-electron chi connectivity index (χ0n) is 15.5. The molecule has 2 atom stereocenters. The molecule has 144 valence electrons. The maximum absolute atomic E-state index is 13.2. The molecule has 0 radical (unpaired) electrons. The lowest BCUT2D eigenvalue weighted by atomic mass is 10.0. The summed E-state index contributed by atoms with van der Waals surface area (Å²) in [6.45, 7) is 4.07. The molecule has 28 heavy (non-hydrogen) atoms. The minimum atomic E-state index is -0.430. The van der Waals surface area contributed by atoms with Gasteiger partial charge in [0, 0.05) is 6.42 Å². The number of halogens is 1. The minimum absolute atomic E-state index is 0.136. The van der Waals surface area contributed by atoms with E-state index in [9.17, 15) is 4.79 Å². The molecular weight excluding hydrogens is 394 g/mol. The summed E-state index contributed by atoms with van der Waals surface area (Å²) in [5.74, 6) is 0.702. The molecule has 6 nitrogen and oxygen atoms in total. The molecule has 2 N–H and O–H groups in total. The number of carbonyl (C=O) groups is 1. The number of carbonyl (C=O) groups excluding carboxylic acids is 1. The van der Waals surface area contributed by atoms with Gasteiger partial charge in [-0.3, -0.25) is 4.79 Å². The highest BCUT2D eigenvalue weighted by Gasteiger charge is 2.37. The van der Waals surface area contributed by atoms with Crippen molar-refractivity contribution in [2.45, 2.75) is 36.7 Å². The number of nitrogens with zero attached hydrogens (tertiary/aromatic N) is 3. The van der Waals surface area contributed by atoms with Gasteiger partial charge in [0.1, 0.15) is 5.25 Å². The lowest BCUT2D eigenvalue weighted by Crippen LogP contribution is -2.41. The van der Waals surface area contributed by atoms with Gasteiger partial charge in [0.2, 0.25) is 11.1 Å². The van der Waals surface area contributed by atoms with E-state index >= 15 is 0 Å². The van der Waals surface area contributed by atoms with Gasteiger partial charge in [0.15, 0.2) is 5.82 Å². The van der Waals surface area contributed by atoms with E-state index in [2.05, 4.69) is 20.9 Å². The van der Waals surface area contributed by atoms with Gasteiger partial charge in [0.05, 0.1) is 16.8 Å². The van der Waals surface area contributed by atoms with Crippen LogP contribution in [0, 0.1) is 6.92 Å². The SMILES string of the molecule is CCc1nnc2n1N[C@@H](c1ccc(C)cc1)[C@@H](C(=O)Nc1ccccc1Cl)S2. The highest BCUT2D eigenvalue weighted by molar-refractivity contribution is 8.00. The largest absolute Gasteiger partial charge is 0.324 e. The number of anilines is 1. The topological polar surface area (TPSA) is 71.8 Å². The molecule has 2 heterocycles. The van der Waals surface area contributed by atoms with Crippen LogP contribution in [0.3, 0.4) is 0 Å². The van der Waals surface area contributed by atoms with Gasteiger partial charge in [0.25, 0.3) is 0 Å². The summed E-state index contributed by atoms with van der Waals surface area (Å²) in [6, 6.07) is 15.2. The Morgan fingerprint density at radius 1 is 1.21 bits per heavy atom. The molecule has 0 aliphatic carbocycles. The van der Waals surface area contributed by atoms with Crippen LogP contribution >= 0.6 is 23.4 Å². The number of benzene rings is 2. The van der Waals surface area contributed by atoms with E-state index in [0.29, 0.717) is 15.9 Å². The Hall–Kier alpha value is -2.51. The number of nitrogens with one attached hydrogen (secondary N) is 2. The van der Waals surface area contributed by atoms with Crippen LogP contribution in [0.5, 0.6) is 0 Å². The quantitative estimate of drug-likeness (QED) is 0.670. The zero-order valence-corrected chi connectivity index (χ0v) is 17.1. The Bertz CT molecular complexity index is 1000. The second-order valence-electron chi connectivity index (χ2n) is 6.61. The molecule has 8 heteroatoms. The summed E-state index contributed by atoms with van der Waals surface area (Å²) >= 11 is 7.62.